The number of aromatic nitrogens is 3. The number of hydrogen-bond donors (Lipinski definition) is 0. The summed E-state index contributed by atoms with van der Waals surface area (Å²) in [5, 5.41) is 0. The lowest BCUT2D eigenvalue weighted by Crippen LogP contribution is -2.39. The van der Waals surface area contributed by atoms with Crippen LogP contribution in [0.4, 0.5) is 4.39 Å². The van der Waals surface area contributed by atoms with Gasteiger partial charge in [0.25, 0.3) is 5.91 Å². The molecule has 0 atom stereocenters. The maximum Gasteiger partial charge on any atom is 0.253 e. The monoisotopic (exact) mass is 460 g/mol. The predicted octanol–water partition coefficient (Wildman–Crippen LogP) is 4.73. The molecule has 1 saturated heterocycles. The van der Waals surface area contributed by atoms with Crippen LogP contribution in [-0.4, -0.2) is 52.7 Å². The van der Waals surface area contributed by atoms with Crippen LogP contribution in [0.25, 0.3) is 22.4 Å². The highest BCUT2D eigenvalue weighted by atomic mass is 19.1. The fourth-order valence-electron chi connectivity index (χ4n) is 4.62. The molecular formula is C26H25FN4O3. The molecule has 2 aromatic heterocycles. The van der Waals surface area contributed by atoms with E-state index in [9.17, 15) is 9.18 Å². The normalized spacial score (nSPS) is 14.4. The standard InChI is InChI=1S/C26H25FN4O3/c1-33-23-6-3-18(15-24(23)34-2)25-29-21-16-19(27)4-5-22(21)31(25)20-9-13-30(14-10-20)26(32)17-7-11-28-12-8-17/h3-8,11-12,15-16,20H,9-10,13-14H2,1-2H3. The Kier molecular flexibility index (Phi) is 5.88. The van der Waals surface area contributed by atoms with Crippen molar-refractivity contribution in [2.45, 2.75) is 18.9 Å². The van der Waals surface area contributed by atoms with Crippen LogP contribution in [-0.2, 0) is 0 Å². The fraction of sp³-hybridized carbons (Fsp3) is 0.269. The van der Waals surface area contributed by atoms with Gasteiger partial charge in [-0.3, -0.25) is 9.78 Å². The van der Waals surface area contributed by atoms with Crippen LogP contribution in [0.1, 0.15) is 29.2 Å². The summed E-state index contributed by atoms with van der Waals surface area (Å²) in [7, 11) is 3.19. The number of imidazole rings is 1. The summed E-state index contributed by atoms with van der Waals surface area (Å²) in [5.74, 6) is 1.65. The van der Waals surface area contributed by atoms with E-state index in [0.29, 0.717) is 35.7 Å². The predicted molar refractivity (Wildman–Crippen MR) is 127 cm³/mol. The Morgan fingerprint density at radius 1 is 0.971 bits per heavy atom. The van der Waals surface area contributed by atoms with E-state index in [1.54, 1.807) is 44.8 Å². The molecule has 1 aliphatic heterocycles. The Hall–Kier alpha value is -3.94. The first kappa shape index (κ1) is 21.9. The number of benzene rings is 2. The highest BCUT2D eigenvalue weighted by Gasteiger charge is 2.28. The lowest BCUT2D eigenvalue weighted by atomic mass is 10.0. The number of methoxy groups -OCH3 is 2. The summed E-state index contributed by atoms with van der Waals surface area (Å²) in [4.78, 5) is 23.5. The molecule has 0 unspecified atom stereocenters. The van der Waals surface area contributed by atoms with Gasteiger partial charge in [0.05, 0.1) is 25.3 Å². The van der Waals surface area contributed by atoms with Crippen molar-refractivity contribution < 1.29 is 18.7 Å². The van der Waals surface area contributed by atoms with Crippen LogP contribution < -0.4 is 9.47 Å². The van der Waals surface area contributed by atoms with Gasteiger partial charge in [0.15, 0.2) is 11.5 Å². The maximum absolute atomic E-state index is 14.0. The van der Waals surface area contributed by atoms with Gasteiger partial charge in [0, 0.05) is 48.7 Å². The van der Waals surface area contributed by atoms with Crippen molar-refractivity contribution in [1.82, 2.24) is 19.4 Å². The molecule has 1 fully saturated rings. The van der Waals surface area contributed by atoms with E-state index in [4.69, 9.17) is 14.5 Å². The molecule has 0 radical (unpaired) electrons. The minimum absolute atomic E-state index is 0.0125. The third-order valence-electron chi connectivity index (χ3n) is 6.34. The summed E-state index contributed by atoms with van der Waals surface area (Å²) in [6.07, 6.45) is 4.79. The second-order valence-electron chi connectivity index (χ2n) is 8.27. The van der Waals surface area contributed by atoms with Crippen LogP contribution in [0.3, 0.4) is 0 Å². The Balaban J connectivity index is 1.49. The first-order valence-electron chi connectivity index (χ1n) is 11.2. The molecule has 0 aliphatic carbocycles. The number of fused-ring (bicyclic) bond motifs is 1. The molecule has 0 spiro atoms. The largest absolute Gasteiger partial charge is 0.493 e. The van der Waals surface area contributed by atoms with Crippen LogP contribution in [0.2, 0.25) is 0 Å². The van der Waals surface area contributed by atoms with Crippen molar-refractivity contribution in [2.75, 3.05) is 27.3 Å². The Bertz CT molecular complexity index is 1330. The minimum atomic E-state index is -0.325. The van der Waals surface area contributed by atoms with E-state index in [2.05, 4.69) is 9.55 Å². The van der Waals surface area contributed by atoms with Gasteiger partial charge in [0.1, 0.15) is 11.6 Å². The van der Waals surface area contributed by atoms with Crippen molar-refractivity contribution in [2.24, 2.45) is 0 Å². The average molecular weight is 461 g/mol. The summed E-state index contributed by atoms with van der Waals surface area (Å²) >= 11 is 0. The van der Waals surface area contributed by atoms with E-state index >= 15 is 0 Å². The number of piperidine rings is 1. The van der Waals surface area contributed by atoms with Gasteiger partial charge < -0.3 is 18.9 Å². The molecule has 0 N–H and O–H groups in total. The number of nitrogens with zero attached hydrogens (tertiary/aromatic N) is 4. The zero-order valence-corrected chi connectivity index (χ0v) is 19.1. The number of rotatable bonds is 5. The van der Waals surface area contributed by atoms with E-state index in [1.165, 1.54) is 12.1 Å². The first-order valence-corrected chi connectivity index (χ1v) is 11.2. The molecule has 7 nitrogen and oxygen atoms in total. The molecular weight excluding hydrogens is 435 g/mol. The zero-order chi connectivity index (χ0) is 23.7. The van der Waals surface area contributed by atoms with Crippen molar-refractivity contribution in [3.8, 4) is 22.9 Å². The molecule has 0 saturated carbocycles. The lowest BCUT2D eigenvalue weighted by molar-refractivity contribution is 0.0696. The Labute approximate surface area is 196 Å². The van der Waals surface area contributed by atoms with Crippen LogP contribution in [0.5, 0.6) is 11.5 Å². The second kappa shape index (κ2) is 9.13. The number of hydrogen-bond acceptors (Lipinski definition) is 5. The molecule has 2 aromatic carbocycles. The molecule has 174 valence electrons. The van der Waals surface area contributed by atoms with Crippen molar-refractivity contribution in [3.63, 3.8) is 0 Å². The molecule has 8 heteroatoms. The molecule has 5 rings (SSSR count). The topological polar surface area (TPSA) is 69.5 Å². The summed E-state index contributed by atoms with van der Waals surface area (Å²) in [6.45, 7) is 1.25. The fourth-order valence-corrected chi connectivity index (χ4v) is 4.62. The number of carbonyl (C=O) groups excluding carboxylic acids is 1. The quantitative estimate of drug-likeness (QED) is 0.431. The molecule has 1 amide bonds. The van der Waals surface area contributed by atoms with Gasteiger partial charge in [-0.1, -0.05) is 0 Å². The molecule has 1 aliphatic rings. The van der Waals surface area contributed by atoms with E-state index in [0.717, 1.165) is 29.7 Å². The third kappa shape index (κ3) is 3.96. The molecule has 4 aromatic rings. The average Bonchev–Trinajstić information content (AvgIpc) is 3.27. The maximum atomic E-state index is 14.0. The van der Waals surface area contributed by atoms with Crippen molar-refractivity contribution >= 4 is 16.9 Å². The van der Waals surface area contributed by atoms with E-state index in [1.807, 2.05) is 23.1 Å². The Morgan fingerprint density at radius 2 is 1.71 bits per heavy atom. The van der Waals surface area contributed by atoms with Crippen LogP contribution >= 0.6 is 0 Å². The van der Waals surface area contributed by atoms with Crippen molar-refractivity contribution in [1.29, 1.82) is 0 Å². The smallest absolute Gasteiger partial charge is 0.253 e. The zero-order valence-electron chi connectivity index (χ0n) is 19.1. The van der Waals surface area contributed by atoms with Gasteiger partial charge in [-0.05, 0) is 55.3 Å². The number of ether oxygens (including phenoxy) is 2. The number of likely N-dealkylation sites (tertiary alicyclic amines) is 1. The third-order valence-corrected chi connectivity index (χ3v) is 6.34. The number of amides is 1. The second-order valence-corrected chi connectivity index (χ2v) is 8.27. The van der Waals surface area contributed by atoms with Gasteiger partial charge >= 0.3 is 0 Å². The Morgan fingerprint density at radius 3 is 2.41 bits per heavy atom. The SMILES string of the molecule is COc1ccc(-c2nc3cc(F)ccc3n2C2CCN(C(=O)c3ccncc3)CC2)cc1OC. The van der Waals surface area contributed by atoms with Gasteiger partial charge in [-0.25, -0.2) is 9.37 Å². The molecule has 34 heavy (non-hydrogen) atoms. The van der Waals surface area contributed by atoms with E-state index in [-0.39, 0.29) is 17.8 Å². The van der Waals surface area contributed by atoms with Crippen LogP contribution in [0.15, 0.2) is 60.9 Å². The highest BCUT2D eigenvalue weighted by Crippen LogP contribution is 2.37. The summed E-state index contributed by atoms with van der Waals surface area (Å²) in [5.41, 5.74) is 2.96. The molecule has 0 bridgehead atoms. The number of halogens is 1. The minimum Gasteiger partial charge on any atom is -0.493 e. The van der Waals surface area contributed by atoms with Crippen LogP contribution in [0, 0.1) is 5.82 Å². The lowest BCUT2D eigenvalue weighted by Gasteiger charge is -2.33. The number of carbonyl (C=O) groups is 1. The molecule has 3 heterocycles. The van der Waals surface area contributed by atoms with Gasteiger partial charge in [-0.2, -0.15) is 0 Å². The van der Waals surface area contributed by atoms with Gasteiger partial charge in [0.2, 0.25) is 0 Å². The number of pyridine rings is 1. The van der Waals surface area contributed by atoms with E-state index < -0.39 is 0 Å². The first-order chi connectivity index (χ1) is 16.6. The summed E-state index contributed by atoms with van der Waals surface area (Å²) < 4.78 is 27.0. The van der Waals surface area contributed by atoms with Gasteiger partial charge in [-0.15, -0.1) is 0 Å². The van der Waals surface area contributed by atoms with Crippen molar-refractivity contribution in [3.05, 3.63) is 72.3 Å². The highest BCUT2D eigenvalue weighted by molar-refractivity contribution is 5.94. The summed E-state index contributed by atoms with van der Waals surface area (Å²) in [6, 6.07) is 13.9.